The van der Waals surface area contributed by atoms with Crippen LogP contribution in [0.1, 0.15) is 19.9 Å². The van der Waals surface area contributed by atoms with Crippen molar-refractivity contribution in [3.8, 4) is 5.88 Å². The summed E-state index contributed by atoms with van der Waals surface area (Å²) in [6.45, 7) is 3.83. The smallest absolute Gasteiger partial charge is 0.344 e. The van der Waals surface area contributed by atoms with Gasteiger partial charge in [-0.1, -0.05) is 0 Å². The van der Waals surface area contributed by atoms with E-state index in [1.807, 2.05) is 13.8 Å². The molecule has 102 valence electrons. The van der Waals surface area contributed by atoms with Crippen LogP contribution in [0.4, 0.5) is 5.69 Å². The summed E-state index contributed by atoms with van der Waals surface area (Å²) >= 11 is 1.28. The first-order valence-electron chi connectivity index (χ1n) is 5.68. The van der Waals surface area contributed by atoms with Crippen molar-refractivity contribution < 1.29 is 4.74 Å². The lowest BCUT2D eigenvalue weighted by Crippen LogP contribution is -2.19. The zero-order valence-electron chi connectivity index (χ0n) is 10.9. The monoisotopic (exact) mass is 281 g/mol. The number of nitrogens with zero attached hydrogens (tertiary/aromatic N) is 3. The normalized spacial score (nSPS) is 10.9. The van der Waals surface area contributed by atoms with Crippen molar-refractivity contribution in [3.63, 3.8) is 0 Å². The average Bonchev–Trinajstić information content (AvgIpc) is 2.73. The van der Waals surface area contributed by atoms with Crippen LogP contribution in [0.25, 0.3) is 0 Å². The number of methoxy groups -OCH3 is 1. The molecule has 0 aliphatic carbocycles. The molecule has 0 aromatic carbocycles. The Morgan fingerprint density at radius 1 is 1.47 bits per heavy atom. The maximum absolute atomic E-state index is 11.6. The van der Waals surface area contributed by atoms with E-state index in [9.17, 15) is 4.79 Å². The molecule has 0 spiro atoms. The molecule has 2 heterocycles. The van der Waals surface area contributed by atoms with Gasteiger partial charge in [-0.2, -0.15) is 0 Å². The minimum absolute atomic E-state index is 0.0180. The van der Waals surface area contributed by atoms with Crippen molar-refractivity contribution in [1.29, 1.82) is 0 Å². The van der Waals surface area contributed by atoms with Crippen LogP contribution in [0.15, 0.2) is 27.1 Å². The van der Waals surface area contributed by atoms with Gasteiger partial charge >= 0.3 is 5.69 Å². The van der Waals surface area contributed by atoms with E-state index in [1.54, 1.807) is 16.7 Å². The molecule has 0 fully saturated rings. The first-order chi connectivity index (χ1) is 9.02. The van der Waals surface area contributed by atoms with Crippen LogP contribution >= 0.6 is 11.8 Å². The Kier molecular flexibility index (Phi) is 3.79. The maximum atomic E-state index is 11.6. The molecule has 3 N–H and O–H groups in total. The van der Waals surface area contributed by atoms with Crippen LogP contribution in [-0.4, -0.2) is 26.9 Å². The van der Waals surface area contributed by atoms with E-state index in [-0.39, 0.29) is 11.7 Å². The summed E-state index contributed by atoms with van der Waals surface area (Å²) in [5, 5.41) is 7.63. The molecule has 0 bridgehead atoms. The predicted octanol–water partition coefficient (Wildman–Crippen LogP) is 1.29. The van der Waals surface area contributed by atoms with E-state index in [1.165, 1.54) is 18.9 Å². The van der Waals surface area contributed by atoms with Crippen LogP contribution in [0.5, 0.6) is 5.88 Å². The first-order valence-corrected chi connectivity index (χ1v) is 6.50. The SMILES string of the molecule is COc1nc(Sc2n[nH]c(=O)n2C(C)C)ccc1N. The minimum Gasteiger partial charge on any atom is -0.480 e. The van der Waals surface area contributed by atoms with Gasteiger partial charge in [0, 0.05) is 6.04 Å². The summed E-state index contributed by atoms with van der Waals surface area (Å²) in [6.07, 6.45) is 0. The predicted molar refractivity (Wildman–Crippen MR) is 72.6 cm³/mol. The Morgan fingerprint density at radius 3 is 2.84 bits per heavy atom. The largest absolute Gasteiger partial charge is 0.480 e. The number of hydrogen-bond donors (Lipinski definition) is 2. The van der Waals surface area contributed by atoms with Gasteiger partial charge < -0.3 is 10.5 Å². The summed E-state index contributed by atoms with van der Waals surface area (Å²) in [6, 6.07) is 3.48. The number of hydrogen-bond acceptors (Lipinski definition) is 6. The van der Waals surface area contributed by atoms with Gasteiger partial charge in [-0.15, -0.1) is 5.10 Å². The molecule has 2 aromatic rings. The standard InChI is InChI=1S/C11H15N5O2S/c1-6(2)16-10(17)14-15-11(16)19-8-5-4-7(12)9(13-8)18-3/h4-6H,12H2,1-3H3,(H,14,17). The summed E-state index contributed by atoms with van der Waals surface area (Å²) in [5.74, 6) is 0.360. The fraction of sp³-hybridized carbons (Fsp3) is 0.364. The Hall–Kier alpha value is -1.96. The Labute approximate surface area is 114 Å². The van der Waals surface area contributed by atoms with Gasteiger partial charge in [-0.25, -0.2) is 14.9 Å². The molecule has 0 amide bonds. The second kappa shape index (κ2) is 5.35. The number of H-pyrrole nitrogens is 1. The van der Waals surface area contributed by atoms with Gasteiger partial charge in [0.25, 0.3) is 0 Å². The molecule has 0 saturated carbocycles. The maximum Gasteiger partial charge on any atom is 0.344 e. The van der Waals surface area contributed by atoms with Crippen molar-refractivity contribution in [1.82, 2.24) is 19.7 Å². The molecule has 2 rings (SSSR count). The van der Waals surface area contributed by atoms with Crippen molar-refractivity contribution >= 4 is 17.4 Å². The highest BCUT2D eigenvalue weighted by atomic mass is 32.2. The molecule has 19 heavy (non-hydrogen) atoms. The number of ether oxygens (including phenoxy) is 1. The molecular weight excluding hydrogens is 266 g/mol. The van der Waals surface area contributed by atoms with Crippen LogP contribution in [0, 0.1) is 0 Å². The summed E-state index contributed by atoms with van der Waals surface area (Å²) < 4.78 is 6.62. The zero-order valence-corrected chi connectivity index (χ0v) is 11.7. The highest BCUT2D eigenvalue weighted by molar-refractivity contribution is 7.99. The van der Waals surface area contributed by atoms with Gasteiger partial charge in [0.2, 0.25) is 5.88 Å². The van der Waals surface area contributed by atoms with E-state index in [2.05, 4.69) is 15.2 Å². The zero-order chi connectivity index (χ0) is 14.0. The van der Waals surface area contributed by atoms with Crippen LogP contribution < -0.4 is 16.2 Å². The highest BCUT2D eigenvalue weighted by Crippen LogP contribution is 2.28. The van der Waals surface area contributed by atoms with Crippen molar-refractivity contribution in [2.45, 2.75) is 30.1 Å². The summed E-state index contributed by atoms with van der Waals surface area (Å²) in [5.41, 5.74) is 5.93. The molecule has 0 radical (unpaired) electrons. The van der Waals surface area contributed by atoms with E-state index >= 15 is 0 Å². The molecule has 0 unspecified atom stereocenters. The quantitative estimate of drug-likeness (QED) is 0.876. The topological polar surface area (TPSA) is 98.8 Å². The van der Waals surface area contributed by atoms with Crippen LogP contribution in [0.2, 0.25) is 0 Å². The number of aromatic amines is 1. The molecule has 8 heteroatoms. The van der Waals surface area contributed by atoms with Gasteiger partial charge in [0.1, 0.15) is 5.03 Å². The van der Waals surface area contributed by atoms with E-state index in [4.69, 9.17) is 10.5 Å². The lowest BCUT2D eigenvalue weighted by atomic mass is 10.4. The fourth-order valence-corrected chi connectivity index (χ4v) is 2.50. The number of rotatable bonds is 4. The number of anilines is 1. The van der Waals surface area contributed by atoms with Crippen LogP contribution in [-0.2, 0) is 0 Å². The van der Waals surface area contributed by atoms with Crippen LogP contribution in [0.3, 0.4) is 0 Å². The molecule has 0 aliphatic heterocycles. The molecule has 7 nitrogen and oxygen atoms in total. The third kappa shape index (κ3) is 2.73. The lowest BCUT2D eigenvalue weighted by Gasteiger charge is -2.09. The molecule has 2 aromatic heterocycles. The number of nitrogen functional groups attached to an aromatic ring is 1. The lowest BCUT2D eigenvalue weighted by molar-refractivity contribution is 0.397. The van der Waals surface area contributed by atoms with Crippen molar-refractivity contribution in [2.24, 2.45) is 0 Å². The molecule has 0 aliphatic rings. The first kappa shape index (κ1) is 13.5. The molecular formula is C11H15N5O2S. The van der Waals surface area contributed by atoms with Gasteiger partial charge in [-0.3, -0.25) is 4.57 Å². The Morgan fingerprint density at radius 2 is 2.21 bits per heavy atom. The average molecular weight is 281 g/mol. The van der Waals surface area contributed by atoms with Gasteiger partial charge in [-0.05, 0) is 37.7 Å². The summed E-state index contributed by atoms with van der Waals surface area (Å²) in [7, 11) is 1.51. The summed E-state index contributed by atoms with van der Waals surface area (Å²) in [4.78, 5) is 15.9. The minimum atomic E-state index is -0.236. The van der Waals surface area contributed by atoms with Crippen molar-refractivity contribution in [3.05, 3.63) is 22.6 Å². The van der Waals surface area contributed by atoms with Gasteiger partial charge in [0.15, 0.2) is 5.16 Å². The highest BCUT2D eigenvalue weighted by Gasteiger charge is 2.14. The number of nitrogens with two attached hydrogens (primary N) is 1. The number of pyridine rings is 1. The third-order valence-electron chi connectivity index (χ3n) is 2.44. The van der Waals surface area contributed by atoms with Crippen molar-refractivity contribution in [2.75, 3.05) is 12.8 Å². The Balaban J connectivity index is 2.34. The van der Waals surface area contributed by atoms with E-state index in [0.29, 0.717) is 21.7 Å². The second-order valence-electron chi connectivity index (χ2n) is 4.13. The molecule has 0 saturated heterocycles. The molecule has 0 atom stereocenters. The third-order valence-corrected chi connectivity index (χ3v) is 3.35. The Bertz CT molecular complexity index is 634. The van der Waals surface area contributed by atoms with E-state index < -0.39 is 0 Å². The van der Waals surface area contributed by atoms with Gasteiger partial charge in [0.05, 0.1) is 12.8 Å². The number of nitrogens with one attached hydrogen (secondary N) is 1. The number of aromatic nitrogens is 4. The second-order valence-corrected chi connectivity index (χ2v) is 5.11. The van der Waals surface area contributed by atoms with E-state index in [0.717, 1.165) is 0 Å². The fourth-order valence-electron chi connectivity index (χ4n) is 1.57.